The second kappa shape index (κ2) is 4.04. The van der Waals surface area contributed by atoms with Crippen LogP contribution in [0.15, 0.2) is 24.3 Å². The Morgan fingerprint density at radius 3 is 2.64 bits per heavy atom. The maximum absolute atomic E-state index is 5.39. The smallest absolute Gasteiger partial charge is 0.122 e. The van der Waals surface area contributed by atoms with Crippen molar-refractivity contribution >= 4 is 0 Å². The van der Waals surface area contributed by atoms with Gasteiger partial charge in [0.15, 0.2) is 0 Å². The maximum atomic E-state index is 5.39. The summed E-state index contributed by atoms with van der Waals surface area (Å²) in [5.41, 5.74) is 1.40. The monoisotopic (exact) mass is 190 g/mol. The van der Waals surface area contributed by atoms with E-state index in [1.54, 1.807) is 7.11 Å². The molecule has 1 aliphatic rings. The van der Waals surface area contributed by atoms with Crippen LogP contribution in [0.1, 0.15) is 37.7 Å². The van der Waals surface area contributed by atoms with Crippen molar-refractivity contribution in [2.24, 2.45) is 5.92 Å². The zero-order valence-corrected chi connectivity index (χ0v) is 8.99. The van der Waals surface area contributed by atoms with Crippen LogP contribution in [-0.4, -0.2) is 7.11 Å². The minimum atomic E-state index is 0.723. The van der Waals surface area contributed by atoms with Crippen LogP contribution in [-0.2, 0) is 0 Å². The number of ether oxygens (including phenoxy) is 1. The fourth-order valence-electron chi connectivity index (χ4n) is 2.49. The van der Waals surface area contributed by atoms with E-state index in [0.717, 1.165) is 17.6 Å². The zero-order valence-electron chi connectivity index (χ0n) is 8.99. The summed E-state index contributed by atoms with van der Waals surface area (Å²) >= 11 is 0. The molecule has 0 aliphatic heterocycles. The molecule has 14 heavy (non-hydrogen) atoms. The molecule has 0 aromatic heterocycles. The van der Waals surface area contributed by atoms with E-state index in [1.807, 2.05) is 6.07 Å². The van der Waals surface area contributed by atoms with Gasteiger partial charge in [0, 0.05) is 0 Å². The lowest BCUT2D eigenvalue weighted by Gasteiger charge is -2.14. The minimum Gasteiger partial charge on any atom is -0.496 e. The van der Waals surface area contributed by atoms with Gasteiger partial charge in [-0.1, -0.05) is 31.5 Å². The minimum absolute atomic E-state index is 0.723. The Morgan fingerprint density at radius 2 is 2.00 bits per heavy atom. The maximum Gasteiger partial charge on any atom is 0.122 e. The van der Waals surface area contributed by atoms with E-state index >= 15 is 0 Å². The van der Waals surface area contributed by atoms with Crippen LogP contribution in [0.5, 0.6) is 5.75 Å². The molecule has 1 aromatic carbocycles. The lowest BCUT2D eigenvalue weighted by molar-refractivity contribution is 0.405. The van der Waals surface area contributed by atoms with Gasteiger partial charge < -0.3 is 4.74 Å². The quantitative estimate of drug-likeness (QED) is 0.692. The van der Waals surface area contributed by atoms with Gasteiger partial charge in [-0.05, 0) is 36.3 Å². The molecule has 1 aromatic rings. The Labute approximate surface area is 86.1 Å². The summed E-state index contributed by atoms with van der Waals surface area (Å²) in [7, 11) is 1.76. The van der Waals surface area contributed by atoms with Gasteiger partial charge in [-0.3, -0.25) is 0 Å². The SMILES string of the molecule is COc1ccccc1C1CCC(C)C1. The van der Waals surface area contributed by atoms with Crippen molar-refractivity contribution in [1.82, 2.24) is 0 Å². The molecule has 1 nitrogen and oxygen atoms in total. The van der Waals surface area contributed by atoms with Gasteiger partial charge in [0.05, 0.1) is 7.11 Å². The second-order valence-corrected chi connectivity index (χ2v) is 4.36. The first kappa shape index (κ1) is 9.57. The largest absolute Gasteiger partial charge is 0.496 e. The Kier molecular flexibility index (Phi) is 2.76. The highest BCUT2D eigenvalue weighted by atomic mass is 16.5. The van der Waals surface area contributed by atoms with Crippen molar-refractivity contribution in [3.05, 3.63) is 29.8 Å². The van der Waals surface area contributed by atoms with Gasteiger partial charge in [0.2, 0.25) is 0 Å². The van der Waals surface area contributed by atoms with Crippen molar-refractivity contribution in [1.29, 1.82) is 0 Å². The van der Waals surface area contributed by atoms with Crippen LogP contribution < -0.4 is 4.74 Å². The standard InChI is InChI=1S/C13H18O/c1-10-7-8-11(9-10)12-5-3-4-6-13(12)14-2/h3-6,10-11H,7-9H2,1-2H3. The molecule has 76 valence electrons. The van der Waals surface area contributed by atoms with E-state index in [4.69, 9.17) is 4.74 Å². The Morgan fingerprint density at radius 1 is 1.21 bits per heavy atom. The molecule has 0 amide bonds. The molecule has 1 fully saturated rings. The van der Waals surface area contributed by atoms with Crippen molar-refractivity contribution in [2.75, 3.05) is 7.11 Å². The van der Waals surface area contributed by atoms with Crippen LogP contribution in [0.2, 0.25) is 0 Å². The van der Waals surface area contributed by atoms with Crippen LogP contribution in [0.3, 0.4) is 0 Å². The third-order valence-electron chi connectivity index (χ3n) is 3.27. The summed E-state index contributed by atoms with van der Waals surface area (Å²) in [4.78, 5) is 0. The van der Waals surface area contributed by atoms with Gasteiger partial charge in [-0.15, -0.1) is 0 Å². The van der Waals surface area contributed by atoms with Crippen molar-refractivity contribution < 1.29 is 4.74 Å². The Balaban J connectivity index is 2.22. The normalized spacial score (nSPS) is 26.4. The molecule has 2 atom stereocenters. The average molecular weight is 190 g/mol. The lowest BCUT2D eigenvalue weighted by atomic mass is 9.96. The topological polar surface area (TPSA) is 9.23 Å². The Bertz CT molecular complexity index is 306. The molecule has 0 N–H and O–H groups in total. The van der Waals surface area contributed by atoms with E-state index in [9.17, 15) is 0 Å². The molecule has 1 saturated carbocycles. The molecule has 2 rings (SSSR count). The second-order valence-electron chi connectivity index (χ2n) is 4.36. The fraction of sp³-hybridized carbons (Fsp3) is 0.538. The van der Waals surface area contributed by atoms with Crippen molar-refractivity contribution in [3.8, 4) is 5.75 Å². The zero-order chi connectivity index (χ0) is 9.97. The van der Waals surface area contributed by atoms with Gasteiger partial charge in [-0.25, -0.2) is 0 Å². The number of benzene rings is 1. The third kappa shape index (κ3) is 1.77. The van der Waals surface area contributed by atoms with Crippen LogP contribution >= 0.6 is 0 Å². The summed E-state index contributed by atoms with van der Waals surface area (Å²) in [5.74, 6) is 2.66. The molecule has 0 saturated heterocycles. The summed E-state index contributed by atoms with van der Waals surface area (Å²) in [6, 6.07) is 8.43. The predicted molar refractivity (Wildman–Crippen MR) is 58.8 cm³/mol. The number of hydrogen-bond acceptors (Lipinski definition) is 1. The molecular formula is C13H18O. The van der Waals surface area contributed by atoms with E-state index in [-0.39, 0.29) is 0 Å². The van der Waals surface area contributed by atoms with E-state index in [2.05, 4.69) is 25.1 Å². The van der Waals surface area contributed by atoms with Crippen LogP contribution in [0.4, 0.5) is 0 Å². The van der Waals surface area contributed by atoms with Crippen LogP contribution in [0, 0.1) is 5.92 Å². The number of hydrogen-bond donors (Lipinski definition) is 0. The van der Waals surface area contributed by atoms with Gasteiger partial charge in [0.1, 0.15) is 5.75 Å². The van der Waals surface area contributed by atoms with Gasteiger partial charge >= 0.3 is 0 Å². The summed E-state index contributed by atoms with van der Waals surface area (Å²) < 4.78 is 5.39. The van der Waals surface area contributed by atoms with Gasteiger partial charge in [0.25, 0.3) is 0 Å². The lowest BCUT2D eigenvalue weighted by Crippen LogP contribution is -1.97. The van der Waals surface area contributed by atoms with E-state index in [1.165, 1.54) is 24.8 Å². The molecule has 0 bridgehead atoms. The van der Waals surface area contributed by atoms with Crippen LogP contribution in [0.25, 0.3) is 0 Å². The van der Waals surface area contributed by atoms with E-state index < -0.39 is 0 Å². The van der Waals surface area contributed by atoms with Gasteiger partial charge in [-0.2, -0.15) is 0 Å². The van der Waals surface area contributed by atoms with E-state index in [0.29, 0.717) is 0 Å². The summed E-state index contributed by atoms with van der Waals surface area (Å²) in [6.45, 7) is 2.34. The average Bonchev–Trinajstić information content (AvgIpc) is 2.65. The molecule has 1 heteroatoms. The first-order valence-electron chi connectivity index (χ1n) is 5.44. The molecule has 2 unspecified atom stereocenters. The number of methoxy groups -OCH3 is 1. The molecular weight excluding hydrogens is 172 g/mol. The highest BCUT2D eigenvalue weighted by molar-refractivity contribution is 5.36. The summed E-state index contributed by atoms with van der Waals surface area (Å²) in [6.07, 6.45) is 4.00. The summed E-state index contributed by atoms with van der Waals surface area (Å²) in [5, 5.41) is 0. The highest BCUT2D eigenvalue weighted by Crippen LogP contribution is 2.41. The first-order chi connectivity index (χ1) is 6.81. The third-order valence-corrected chi connectivity index (χ3v) is 3.27. The number of para-hydroxylation sites is 1. The Hall–Kier alpha value is -0.980. The molecule has 0 spiro atoms. The number of rotatable bonds is 2. The molecule has 0 radical (unpaired) electrons. The highest BCUT2D eigenvalue weighted by Gasteiger charge is 2.24. The first-order valence-corrected chi connectivity index (χ1v) is 5.44. The van der Waals surface area contributed by atoms with Crippen molar-refractivity contribution in [3.63, 3.8) is 0 Å². The molecule has 1 aliphatic carbocycles. The molecule has 0 heterocycles. The fourth-order valence-corrected chi connectivity index (χ4v) is 2.49. The van der Waals surface area contributed by atoms with Crippen molar-refractivity contribution in [2.45, 2.75) is 32.1 Å². The predicted octanol–water partition coefficient (Wildman–Crippen LogP) is 3.60.